The van der Waals surface area contributed by atoms with Crippen LogP contribution < -0.4 is 49.0 Å². The summed E-state index contributed by atoms with van der Waals surface area (Å²) >= 11 is 9.87. The second-order valence-electron chi connectivity index (χ2n) is 25.6. The molecule has 15 rings (SSSR count). The van der Waals surface area contributed by atoms with Crippen molar-refractivity contribution in [3.63, 3.8) is 0 Å². The normalized spacial score (nSPS) is 20.0. The molecule has 6 aromatic heterocycles. The number of halogens is 2. The van der Waals surface area contributed by atoms with Gasteiger partial charge in [-0.2, -0.15) is 0 Å². The van der Waals surface area contributed by atoms with E-state index in [0.717, 1.165) is 119 Å². The molecule has 32 heteroatoms. The van der Waals surface area contributed by atoms with Crippen molar-refractivity contribution in [1.29, 1.82) is 0 Å². The van der Waals surface area contributed by atoms with E-state index in [4.69, 9.17) is 35.7 Å². The van der Waals surface area contributed by atoms with Crippen molar-refractivity contribution in [3.8, 4) is 17.6 Å². The SMILES string of the molecule is CC(=O)OCC(=O)Cl.CC(=O)OCC(=O)N1CCC(c2nccnc2OC2CC(Nc3nc4ccccc4s3)C2)CC1.Cl.O=C(CO)N1CCC(c2nccnc2OC2CC(Nc3nc4ccccc4s3)C2)CC1.[Li+].[OH-].c1ccc2sc(NC3CC(Oc4nccnc4C4CCCCC4)C3)nc2c1. The van der Waals surface area contributed by atoms with Gasteiger partial charge in [-0.3, -0.25) is 38.9 Å². The Labute approximate surface area is 631 Å². The fraction of sp³-hybridized carbons (Fsp3) is 0.465. The van der Waals surface area contributed by atoms with Crippen LogP contribution in [0.5, 0.6) is 17.6 Å². The molecule has 3 aromatic carbocycles. The van der Waals surface area contributed by atoms with Gasteiger partial charge in [-0.25, -0.2) is 29.9 Å². The molecule has 26 nitrogen and oxygen atoms in total. The Morgan fingerprint density at radius 3 is 1.12 bits per heavy atom. The number of rotatable bonds is 20. The number of fused-ring (bicyclic) bond motifs is 3. The van der Waals surface area contributed by atoms with Gasteiger partial charge in [-0.05, 0) is 86.5 Å². The Balaban J connectivity index is 0.000000169. The Bertz CT molecular complexity index is 4130. The zero-order valence-electron chi connectivity index (χ0n) is 57.6. The molecular weight excluding hydrogens is 1410 g/mol. The van der Waals surface area contributed by atoms with Crippen LogP contribution in [0.1, 0.15) is 145 Å². The Morgan fingerprint density at radius 1 is 0.476 bits per heavy atom. The minimum Gasteiger partial charge on any atom is -0.870 e. The van der Waals surface area contributed by atoms with Gasteiger partial charge in [0.1, 0.15) is 42.0 Å². The van der Waals surface area contributed by atoms with E-state index in [9.17, 15) is 24.0 Å². The number of esters is 2. The van der Waals surface area contributed by atoms with Gasteiger partial charge in [-0.15, -0.1) is 12.4 Å². The molecule has 0 unspecified atom stereocenters. The van der Waals surface area contributed by atoms with Gasteiger partial charge < -0.3 is 60.0 Å². The minimum atomic E-state index is -0.666. The number of thiazole rings is 3. The number of piperidine rings is 2. The Kier molecular flexibility index (Phi) is 29.7. The summed E-state index contributed by atoms with van der Waals surface area (Å²) < 4.78 is 31.3. The van der Waals surface area contributed by atoms with Crippen LogP contribution >= 0.6 is 58.0 Å². The molecule has 2 saturated heterocycles. The van der Waals surface area contributed by atoms with Gasteiger partial charge in [0.2, 0.25) is 23.5 Å². The molecule has 5 N–H and O–H groups in total. The number of aliphatic hydroxyl groups excluding tert-OH is 1. The van der Waals surface area contributed by atoms with Crippen molar-refractivity contribution in [2.45, 2.75) is 164 Å². The van der Waals surface area contributed by atoms with E-state index >= 15 is 0 Å². The van der Waals surface area contributed by atoms with E-state index in [0.29, 0.717) is 62.0 Å². The van der Waals surface area contributed by atoms with E-state index < -0.39 is 23.8 Å². The fourth-order valence-corrected chi connectivity index (χ4v) is 15.8. The number of aliphatic hydroxyl groups is 1. The summed E-state index contributed by atoms with van der Waals surface area (Å²) in [6, 6.07) is 25.7. The zero-order chi connectivity index (χ0) is 69.3. The molecule has 2 amide bonds. The third-order valence-electron chi connectivity index (χ3n) is 18.4. The second kappa shape index (κ2) is 38.7. The number of hydrogen-bond acceptors (Lipinski definition) is 27. The molecule has 4 saturated carbocycles. The van der Waals surface area contributed by atoms with Crippen LogP contribution in [0.4, 0.5) is 15.4 Å². The Hall–Kier alpha value is -7.98. The van der Waals surface area contributed by atoms with Gasteiger partial charge in [0, 0.05) is 152 Å². The van der Waals surface area contributed by atoms with Gasteiger partial charge in [0.15, 0.2) is 28.6 Å². The molecular formula is C71H83Cl2LiN14O12S3. The maximum atomic E-state index is 12.2. The van der Waals surface area contributed by atoms with E-state index in [1.807, 2.05) is 42.5 Å². The fourth-order valence-electron chi connectivity index (χ4n) is 13.0. The number of anilines is 3. The topological polar surface area (TPSA) is 340 Å². The van der Waals surface area contributed by atoms with E-state index in [1.54, 1.807) is 81.0 Å². The molecule has 4 aliphatic carbocycles. The number of benzene rings is 3. The van der Waals surface area contributed by atoms with Crippen molar-refractivity contribution in [3.05, 3.63) is 127 Å². The number of nitrogens with one attached hydrogen (secondary N) is 3. The summed E-state index contributed by atoms with van der Waals surface area (Å²) in [6.07, 6.45) is 25.7. The van der Waals surface area contributed by atoms with E-state index in [2.05, 4.69) is 95.9 Å². The average molecular weight is 1500 g/mol. The summed E-state index contributed by atoms with van der Waals surface area (Å²) in [5.74, 6) is 1.54. The first-order valence-electron chi connectivity index (χ1n) is 34.1. The predicted molar refractivity (Wildman–Crippen MR) is 391 cm³/mol. The van der Waals surface area contributed by atoms with E-state index in [-0.39, 0.29) is 91.9 Å². The number of para-hydroxylation sites is 3. The molecule has 9 aromatic rings. The van der Waals surface area contributed by atoms with Crippen LogP contribution in [-0.2, 0) is 33.4 Å². The molecule has 0 atom stereocenters. The van der Waals surface area contributed by atoms with Crippen molar-refractivity contribution >= 4 is 133 Å². The van der Waals surface area contributed by atoms with Crippen LogP contribution in [0, 0.1) is 0 Å². The molecule has 0 bridgehead atoms. The standard InChI is InChI=1S/C24H27N5O4S.C22H25N5O3S.C21H24N4OS.C4H5ClO3.ClH.Li.H2O/c1-15(30)32-14-21(31)29-10-6-16(7-11-29)22-23(26-9-8-25-22)33-18-12-17(13-18)27-24-28-19-4-2-3-5-20(19)34-24;28-13-19(29)27-9-5-14(6-10-27)20-21(24-8-7-23-20)30-16-11-15(12-16)25-22-26-17-3-1-2-4-18(17)31-22;1-2-6-14(7-3-1)19-20(23-11-10-22-19)26-16-12-15(13-16)24-21-25-17-8-4-5-9-18(17)27-21;1-3(6)8-2-4(5)7;;;/h2-5,8-9,16-18H,6-7,10-14H2,1H3,(H,27,28);1-4,7-8,14-16,28H,5-6,9-13H2,(H,25,26);4-5,8-11,14-16H,1-3,6-7,12-13H2,(H,24,25);2H2,1H3;1H;;1H2/q;;;;;+1;/p-1. The number of likely N-dealkylation sites (tertiary alicyclic amines) is 2. The molecule has 6 aliphatic rings. The number of nitrogens with zero attached hydrogens (tertiary/aromatic N) is 11. The number of carbonyl (C=O) groups excluding carboxylic acids is 5. The summed E-state index contributed by atoms with van der Waals surface area (Å²) in [7, 11) is 0. The monoisotopic (exact) mass is 1500 g/mol. The largest absolute Gasteiger partial charge is 1.00 e. The summed E-state index contributed by atoms with van der Waals surface area (Å²) in [5.41, 5.74) is 5.91. The molecule has 6 fully saturated rings. The van der Waals surface area contributed by atoms with Gasteiger partial charge in [-0.1, -0.05) is 89.7 Å². The second-order valence-corrected chi connectivity index (χ2v) is 29.1. The summed E-state index contributed by atoms with van der Waals surface area (Å²) in [4.78, 5) is 99.1. The summed E-state index contributed by atoms with van der Waals surface area (Å²) in [6.45, 7) is 3.98. The molecule has 0 spiro atoms. The number of aromatic nitrogens is 9. The number of ether oxygens (including phenoxy) is 5. The first kappa shape index (κ1) is 79.1. The van der Waals surface area contributed by atoms with Crippen LogP contribution in [-0.4, -0.2) is 177 Å². The first-order valence-corrected chi connectivity index (χ1v) is 37.0. The van der Waals surface area contributed by atoms with Crippen LogP contribution in [0.3, 0.4) is 0 Å². The van der Waals surface area contributed by atoms with E-state index in [1.165, 1.54) is 60.1 Å². The van der Waals surface area contributed by atoms with Crippen molar-refractivity contribution in [2.24, 2.45) is 0 Å². The number of hydrogen-bond donors (Lipinski definition) is 4. The summed E-state index contributed by atoms with van der Waals surface area (Å²) in [5, 5.41) is 21.9. The Morgan fingerprint density at radius 2 is 0.796 bits per heavy atom. The van der Waals surface area contributed by atoms with Gasteiger partial charge in [0.25, 0.3) is 11.1 Å². The average Bonchev–Trinajstić information content (AvgIpc) is 1.81. The maximum Gasteiger partial charge on any atom is 1.00 e. The quantitative estimate of drug-likeness (QED) is 0.0314. The van der Waals surface area contributed by atoms with Crippen LogP contribution in [0.2, 0.25) is 0 Å². The predicted octanol–water partition coefficient (Wildman–Crippen LogP) is 8.90. The smallest absolute Gasteiger partial charge is 0.870 e. The molecule has 542 valence electrons. The molecule has 0 radical (unpaired) electrons. The zero-order valence-corrected chi connectivity index (χ0v) is 61.6. The molecule has 2 aliphatic heterocycles. The third kappa shape index (κ3) is 22.0. The van der Waals surface area contributed by atoms with Gasteiger partial charge in [0.05, 0.1) is 30.6 Å². The molecule has 8 heterocycles. The van der Waals surface area contributed by atoms with Crippen LogP contribution in [0.15, 0.2) is 110 Å². The van der Waals surface area contributed by atoms with Crippen molar-refractivity contribution in [1.82, 2.24) is 54.7 Å². The number of amides is 2. The van der Waals surface area contributed by atoms with Crippen molar-refractivity contribution in [2.75, 3.05) is 62.0 Å². The minimum absolute atomic E-state index is 0. The third-order valence-corrected chi connectivity index (χ3v) is 21.5. The first-order chi connectivity index (χ1) is 48.7. The number of carbonyl (C=O) groups is 5. The van der Waals surface area contributed by atoms with Crippen LogP contribution in [0.25, 0.3) is 30.6 Å². The maximum absolute atomic E-state index is 12.2. The van der Waals surface area contributed by atoms with Crippen molar-refractivity contribution < 1.29 is 77.1 Å². The van der Waals surface area contributed by atoms with Gasteiger partial charge >= 0.3 is 30.8 Å². The molecule has 103 heavy (non-hydrogen) atoms.